The number of carboxylic acids is 1. The lowest BCUT2D eigenvalue weighted by Crippen LogP contribution is -2.37. The molecule has 3 nitrogen and oxygen atoms in total. The monoisotopic (exact) mass is 241 g/mol. The standard InChI is InChI=1S/C14H27NO2/c1-4-6-7-8-9-10-13(3)15(11-5-2)12-14(16)17/h5,13H,2,4,6-12H2,1,3H3,(H,16,17). The van der Waals surface area contributed by atoms with Crippen molar-refractivity contribution < 1.29 is 9.90 Å². The molecule has 1 unspecified atom stereocenters. The third kappa shape index (κ3) is 8.93. The third-order valence-electron chi connectivity index (χ3n) is 3.05. The van der Waals surface area contributed by atoms with Crippen LogP contribution >= 0.6 is 0 Å². The van der Waals surface area contributed by atoms with Gasteiger partial charge in [-0.25, -0.2) is 0 Å². The maximum atomic E-state index is 10.7. The van der Waals surface area contributed by atoms with Gasteiger partial charge in [-0.1, -0.05) is 45.1 Å². The van der Waals surface area contributed by atoms with Crippen LogP contribution in [-0.2, 0) is 4.79 Å². The number of aliphatic carboxylic acids is 1. The van der Waals surface area contributed by atoms with Gasteiger partial charge < -0.3 is 5.11 Å². The summed E-state index contributed by atoms with van der Waals surface area (Å²) in [6.45, 7) is 8.76. The zero-order valence-electron chi connectivity index (χ0n) is 11.3. The SMILES string of the molecule is C=CCN(CC(=O)O)C(C)CCCCCCC. The molecule has 0 fully saturated rings. The van der Waals surface area contributed by atoms with E-state index in [-0.39, 0.29) is 6.54 Å². The summed E-state index contributed by atoms with van der Waals surface area (Å²) >= 11 is 0. The molecule has 0 radical (unpaired) electrons. The van der Waals surface area contributed by atoms with Crippen LogP contribution in [0.5, 0.6) is 0 Å². The Hall–Kier alpha value is -0.830. The number of hydrogen-bond acceptors (Lipinski definition) is 2. The molecule has 0 bridgehead atoms. The normalized spacial score (nSPS) is 12.6. The number of carbonyl (C=O) groups is 1. The van der Waals surface area contributed by atoms with E-state index in [1.54, 1.807) is 6.08 Å². The van der Waals surface area contributed by atoms with Gasteiger partial charge in [-0.15, -0.1) is 6.58 Å². The summed E-state index contributed by atoms with van der Waals surface area (Å²) in [7, 11) is 0. The summed E-state index contributed by atoms with van der Waals surface area (Å²) < 4.78 is 0. The molecule has 0 aliphatic rings. The van der Waals surface area contributed by atoms with Crippen molar-refractivity contribution in [3.8, 4) is 0 Å². The minimum atomic E-state index is -0.760. The largest absolute Gasteiger partial charge is 0.480 e. The van der Waals surface area contributed by atoms with E-state index in [0.29, 0.717) is 12.6 Å². The molecule has 0 aromatic rings. The van der Waals surface area contributed by atoms with Crippen LogP contribution in [0.4, 0.5) is 0 Å². The molecule has 0 saturated heterocycles. The molecule has 0 aliphatic carbocycles. The van der Waals surface area contributed by atoms with Crippen LogP contribution in [0, 0.1) is 0 Å². The highest BCUT2D eigenvalue weighted by Crippen LogP contribution is 2.11. The van der Waals surface area contributed by atoms with E-state index < -0.39 is 5.97 Å². The number of rotatable bonds is 11. The lowest BCUT2D eigenvalue weighted by atomic mass is 10.1. The van der Waals surface area contributed by atoms with Gasteiger partial charge in [-0.05, 0) is 13.3 Å². The van der Waals surface area contributed by atoms with Crippen LogP contribution in [0.3, 0.4) is 0 Å². The molecule has 0 saturated carbocycles. The van der Waals surface area contributed by atoms with Gasteiger partial charge in [0, 0.05) is 12.6 Å². The van der Waals surface area contributed by atoms with Crippen molar-refractivity contribution in [1.82, 2.24) is 4.90 Å². The van der Waals surface area contributed by atoms with Crippen LogP contribution in [0.1, 0.15) is 52.4 Å². The van der Waals surface area contributed by atoms with Crippen molar-refractivity contribution in [1.29, 1.82) is 0 Å². The topological polar surface area (TPSA) is 40.5 Å². The molecule has 1 N–H and O–H groups in total. The molecule has 3 heteroatoms. The van der Waals surface area contributed by atoms with Gasteiger partial charge in [0.2, 0.25) is 0 Å². The van der Waals surface area contributed by atoms with Gasteiger partial charge in [-0.3, -0.25) is 9.69 Å². The van der Waals surface area contributed by atoms with Gasteiger partial charge in [0.05, 0.1) is 6.54 Å². The Morgan fingerprint density at radius 2 is 2.00 bits per heavy atom. The van der Waals surface area contributed by atoms with Crippen molar-refractivity contribution in [2.75, 3.05) is 13.1 Å². The van der Waals surface area contributed by atoms with E-state index >= 15 is 0 Å². The predicted octanol–water partition coefficient (Wildman–Crippen LogP) is 3.31. The fourth-order valence-electron chi connectivity index (χ4n) is 1.97. The van der Waals surface area contributed by atoms with Crippen LogP contribution < -0.4 is 0 Å². The smallest absolute Gasteiger partial charge is 0.317 e. The van der Waals surface area contributed by atoms with E-state index in [4.69, 9.17) is 5.11 Å². The predicted molar refractivity (Wildman–Crippen MR) is 72.2 cm³/mol. The van der Waals surface area contributed by atoms with Gasteiger partial charge in [-0.2, -0.15) is 0 Å². The van der Waals surface area contributed by atoms with Crippen molar-refractivity contribution in [3.05, 3.63) is 12.7 Å². The first kappa shape index (κ1) is 16.2. The Kier molecular flexibility index (Phi) is 9.83. The highest BCUT2D eigenvalue weighted by Gasteiger charge is 2.14. The van der Waals surface area contributed by atoms with E-state index in [1.807, 2.05) is 4.90 Å². The average molecular weight is 241 g/mol. The highest BCUT2D eigenvalue weighted by molar-refractivity contribution is 5.69. The lowest BCUT2D eigenvalue weighted by molar-refractivity contribution is -0.138. The highest BCUT2D eigenvalue weighted by atomic mass is 16.4. The van der Waals surface area contributed by atoms with E-state index in [0.717, 1.165) is 6.42 Å². The third-order valence-corrected chi connectivity index (χ3v) is 3.05. The van der Waals surface area contributed by atoms with Crippen LogP contribution in [-0.4, -0.2) is 35.1 Å². The second-order valence-electron chi connectivity index (χ2n) is 4.66. The van der Waals surface area contributed by atoms with Crippen molar-refractivity contribution in [2.45, 2.75) is 58.4 Å². The molecule has 0 rings (SSSR count). The fourth-order valence-corrected chi connectivity index (χ4v) is 1.97. The van der Waals surface area contributed by atoms with Gasteiger partial charge in [0.15, 0.2) is 0 Å². The van der Waals surface area contributed by atoms with Crippen molar-refractivity contribution >= 4 is 5.97 Å². The average Bonchev–Trinajstić information content (AvgIpc) is 2.27. The minimum Gasteiger partial charge on any atom is -0.480 e. The first-order chi connectivity index (χ1) is 8.11. The second-order valence-corrected chi connectivity index (χ2v) is 4.66. The summed E-state index contributed by atoms with van der Waals surface area (Å²) in [6.07, 6.45) is 9.16. The summed E-state index contributed by atoms with van der Waals surface area (Å²) in [5.41, 5.74) is 0. The molecular formula is C14H27NO2. The Bertz CT molecular complexity index is 216. The molecule has 17 heavy (non-hydrogen) atoms. The zero-order chi connectivity index (χ0) is 13.1. The number of unbranched alkanes of at least 4 members (excludes halogenated alkanes) is 4. The molecule has 0 heterocycles. The van der Waals surface area contributed by atoms with E-state index in [9.17, 15) is 4.79 Å². The number of carboxylic acid groups (broad SMARTS) is 1. The Morgan fingerprint density at radius 3 is 2.53 bits per heavy atom. The van der Waals surface area contributed by atoms with Crippen LogP contribution in [0.2, 0.25) is 0 Å². The summed E-state index contributed by atoms with van der Waals surface area (Å²) in [6, 6.07) is 0.325. The fraction of sp³-hybridized carbons (Fsp3) is 0.786. The quantitative estimate of drug-likeness (QED) is 0.445. The molecule has 0 aromatic heterocycles. The Balaban J connectivity index is 3.83. The Morgan fingerprint density at radius 1 is 1.35 bits per heavy atom. The van der Waals surface area contributed by atoms with Crippen molar-refractivity contribution in [3.63, 3.8) is 0 Å². The van der Waals surface area contributed by atoms with Gasteiger partial charge >= 0.3 is 5.97 Å². The van der Waals surface area contributed by atoms with Crippen LogP contribution in [0.25, 0.3) is 0 Å². The summed E-state index contributed by atoms with van der Waals surface area (Å²) in [4.78, 5) is 12.7. The summed E-state index contributed by atoms with van der Waals surface area (Å²) in [5, 5.41) is 8.83. The maximum Gasteiger partial charge on any atom is 0.317 e. The zero-order valence-corrected chi connectivity index (χ0v) is 11.3. The van der Waals surface area contributed by atoms with Crippen LogP contribution in [0.15, 0.2) is 12.7 Å². The first-order valence-electron chi connectivity index (χ1n) is 6.68. The Labute approximate surface area is 106 Å². The minimum absolute atomic E-state index is 0.113. The summed E-state index contributed by atoms with van der Waals surface area (Å²) in [5.74, 6) is -0.760. The first-order valence-corrected chi connectivity index (χ1v) is 6.68. The molecule has 0 spiro atoms. The molecular weight excluding hydrogens is 214 g/mol. The van der Waals surface area contributed by atoms with Gasteiger partial charge in [0.25, 0.3) is 0 Å². The van der Waals surface area contributed by atoms with E-state index in [1.165, 1.54) is 32.1 Å². The van der Waals surface area contributed by atoms with Crippen molar-refractivity contribution in [2.24, 2.45) is 0 Å². The van der Waals surface area contributed by atoms with Gasteiger partial charge in [0.1, 0.15) is 0 Å². The maximum absolute atomic E-state index is 10.7. The molecule has 100 valence electrons. The number of nitrogens with zero attached hydrogens (tertiary/aromatic N) is 1. The molecule has 1 atom stereocenters. The second kappa shape index (κ2) is 10.3. The molecule has 0 aromatic carbocycles. The lowest BCUT2D eigenvalue weighted by Gasteiger charge is -2.26. The molecule has 0 amide bonds. The molecule has 0 aliphatic heterocycles. The number of hydrogen-bond donors (Lipinski definition) is 1. The van der Waals surface area contributed by atoms with E-state index in [2.05, 4.69) is 20.4 Å².